The van der Waals surface area contributed by atoms with E-state index in [2.05, 4.69) is 50.1 Å². The lowest BCUT2D eigenvalue weighted by Gasteiger charge is -2.22. The van der Waals surface area contributed by atoms with Crippen molar-refractivity contribution in [2.24, 2.45) is 0 Å². The van der Waals surface area contributed by atoms with Crippen LogP contribution in [0.5, 0.6) is 0 Å². The molecule has 1 atom stereocenters. The van der Waals surface area contributed by atoms with Gasteiger partial charge in [0.2, 0.25) is 0 Å². The molecule has 2 aliphatic heterocycles. The normalized spacial score (nSPS) is 17.9. The van der Waals surface area contributed by atoms with E-state index in [1.165, 1.54) is 22.3 Å². The molecule has 0 amide bonds. The van der Waals surface area contributed by atoms with Crippen LogP contribution in [0.4, 0.5) is 11.4 Å². The fourth-order valence-corrected chi connectivity index (χ4v) is 4.43. The SMILES string of the molecule is [C-]#[N+]c1ccc(NC2CCn3nnc(C)c3-c3ccc(C4=CCNCC4)cc32)cc1. The summed E-state index contributed by atoms with van der Waals surface area (Å²) in [4.78, 5) is 3.49. The van der Waals surface area contributed by atoms with E-state index in [1.54, 1.807) is 0 Å². The molecule has 1 unspecified atom stereocenters. The lowest BCUT2D eigenvalue weighted by Crippen LogP contribution is -2.20. The van der Waals surface area contributed by atoms with Crippen LogP contribution in [0.15, 0.2) is 48.5 Å². The number of aryl methyl sites for hydroxylation is 2. The minimum atomic E-state index is 0.155. The van der Waals surface area contributed by atoms with E-state index >= 15 is 0 Å². The fourth-order valence-electron chi connectivity index (χ4n) is 4.43. The van der Waals surface area contributed by atoms with Crippen LogP contribution in [0.3, 0.4) is 0 Å². The summed E-state index contributed by atoms with van der Waals surface area (Å²) in [6.07, 6.45) is 4.26. The van der Waals surface area contributed by atoms with Gasteiger partial charge in [-0.2, -0.15) is 0 Å². The third-order valence-corrected chi connectivity index (χ3v) is 5.99. The summed E-state index contributed by atoms with van der Waals surface area (Å²) in [5.41, 5.74) is 8.95. The van der Waals surface area contributed by atoms with E-state index in [0.29, 0.717) is 5.69 Å². The molecule has 6 nitrogen and oxygen atoms in total. The Bertz CT molecular complexity index is 1150. The van der Waals surface area contributed by atoms with E-state index in [0.717, 1.165) is 49.6 Å². The van der Waals surface area contributed by atoms with Gasteiger partial charge in [-0.3, -0.25) is 0 Å². The Morgan fingerprint density at radius 2 is 2.07 bits per heavy atom. The van der Waals surface area contributed by atoms with Crippen molar-refractivity contribution in [3.05, 3.63) is 76.8 Å². The maximum atomic E-state index is 7.17. The largest absolute Gasteiger partial charge is 0.378 e. The van der Waals surface area contributed by atoms with Gasteiger partial charge in [-0.25, -0.2) is 9.53 Å². The van der Waals surface area contributed by atoms with Gasteiger partial charge in [0, 0.05) is 24.3 Å². The van der Waals surface area contributed by atoms with E-state index in [9.17, 15) is 0 Å². The maximum Gasteiger partial charge on any atom is 0.187 e. The predicted molar refractivity (Wildman–Crippen MR) is 119 cm³/mol. The zero-order valence-corrected chi connectivity index (χ0v) is 17.0. The van der Waals surface area contributed by atoms with Crippen molar-refractivity contribution < 1.29 is 0 Å². The van der Waals surface area contributed by atoms with Gasteiger partial charge in [-0.1, -0.05) is 35.6 Å². The predicted octanol–water partition coefficient (Wildman–Crippen LogP) is 4.74. The molecular formula is C24H24N6. The number of nitrogens with one attached hydrogen (secondary N) is 2. The van der Waals surface area contributed by atoms with E-state index in [4.69, 9.17) is 6.57 Å². The molecular weight excluding hydrogens is 372 g/mol. The molecule has 3 aromatic rings. The molecule has 0 aliphatic carbocycles. The molecule has 30 heavy (non-hydrogen) atoms. The van der Waals surface area contributed by atoms with Crippen LogP contribution in [-0.2, 0) is 6.54 Å². The lowest BCUT2D eigenvalue weighted by atomic mass is 9.90. The minimum Gasteiger partial charge on any atom is -0.378 e. The molecule has 2 aliphatic rings. The summed E-state index contributed by atoms with van der Waals surface area (Å²) in [6.45, 7) is 12.0. The van der Waals surface area contributed by atoms with Gasteiger partial charge < -0.3 is 10.6 Å². The number of hydrogen-bond acceptors (Lipinski definition) is 4. The highest BCUT2D eigenvalue weighted by Gasteiger charge is 2.26. The van der Waals surface area contributed by atoms with Gasteiger partial charge in [0.15, 0.2) is 5.69 Å². The number of rotatable bonds is 3. The molecule has 2 aromatic carbocycles. The highest BCUT2D eigenvalue weighted by atomic mass is 15.4. The molecule has 2 N–H and O–H groups in total. The Balaban J connectivity index is 1.58. The van der Waals surface area contributed by atoms with Crippen LogP contribution in [0.1, 0.15) is 35.7 Å². The van der Waals surface area contributed by atoms with Crippen LogP contribution in [0.25, 0.3) is 21.7 Å². The second-order valence-electron chi connectivity index (χ2n) is 7.88. The second-order valence-corrected chi connectivity index (χ2v) is 7.88. The highest BCUT2D eigenvalue weighted by molar-refractivity contribution is 5.75. The molecule has 0 saturated heterocycles. The number of aromatic nitrogens is 3. The maximum absolute atomic E-state index is 7.17. The van der Waals surface area contributed by atoms with Crippen molar-refractivity contribution in [2.45, 2.75) is 32.4 Å². The Morgan fingerprint density at radius 1 is 1.20 bits per heavy atom. The fraction of sp³-hybridized carbons (Fsp3) is 0.292. The van der Waals surface area contributed by atoms with Crippen molar-refractivity contribution in [3.8, 4) is 11.3 Å². The molecule has 0 radical (unpaired) electrons. The van der Waals surface area contributed by atoms with Gasteiger partial charge in [0.25, 0.3) is 0 Å². The van der Waals surface area contributed by atoms with E-state index in [-0.39, 0.29) is 6.04 Å². The third-order valence-electron chi connectivity index (χ3n) is 5.99. The number of benzene rings is 2. The van der Waals surface area contributed by atoms with Crippen LogP contribution in [0.2, 0.25) is 0 Å². The zero-order valence-electron chi connectivity index (χ0n) is 17.0. The van der Waals surface area contributed by atoms with Gasteiger partial charge in [0.05, 0.1) is 24.0 Å². The highest BCUT2D eigenvalue weighted by Crippen LogP contribution is 2.38. The first-order chi connectivity index (χ1) is 14.7. The number of fused-ring (bicyclic) bond motifs is 3. The molecule has 0 bridgehead atoms. The van der Waals surface area contributed by atoms with Crippen molar-refractivity contribution in [1.29, 1.82) is 0 Å². The van der Waals surface area contributed by atoms with Crippen molar-refractivity contribution >= 4 is 16.9 Å². The first kappa shape index (κ1) is 18.6. The number of anilines is 1. The minimum absolute atomic E-state index is 0.155. The van der Waals surface area contributed by atoms with E-state index < -0.39 is 0 Å². The monoisotopic (exact) mass is 396 g/mol. The smallest absolute Gasteiger partial charge is 0.187 e. The molecule has 1 aromatic heterocycles. The van der Waals surface area contributed by atoms with Gasteiger partial charge in [0.1, 0.15) is 0 Å². The average molecular weight is 396 g/mol. The van der Waals surface area contributed by atoms with Crippen molar-refractivity contribution in [1.82, 2.24) is 20.3 Å². The second kappa shape index (κ2) is 7.77. The lowest BCUT2D eigenvalue weighted by molar-refractivity contribution is 0.539. The van der Waals surface area contributed by atoms with Crippen LogP contribution >= 0.6 is 0 Å². The van der Waals surface area contributed by atoms with Crippen molar-refractivity contribution in [3.63, 3.8) is 0 Å². The van der Waals surface area contributed by atoms with Crippen LogP contribution in [-0.4, -0.2) is 28.1 Å². The Morgan fingerprint density at radius 3 is 2.83 bits per heavy atom. The van der Waals surface area contributed by atoms with Crippen LogP contribution < -0.4 is 10.6 Å². The molecule has 0 saturated carbocycles. The Hall–Kier alpha value is -3.43. The van der Waals surface area contributed by atoms with Gasteiger partial charge in [-0.05, 0) is 61.2 Å². The zero-order chi connectivity index (χ0) is 20.5. The standard InChI is InChI=1S/C24H24N6/c1-16-24-21-8-3-18(17-9-12-26-13-10-17)15-22(21)23(11-14-30(24)29-28-16)27-20-6-4-19(25-2)5-7-20/h3-9,15,23,26-27H,10-14H2,1H3. The van der Waals surface area contributed by atoms with Gasteiger partial charge >= 0.3 is 0 Å². The number of hydrogen-bond donors (Lipinski definition) is 2. The summed E-state index contributed by atoms with van der Waals surface area (Å²) in [7, 11) is 0. The van der Waals surface area contributed by atoms with Gasteiger partial charge in [-0.15, -0.1) is 5.10 Å². The molecule has 3 heterocycles. The topological polar surface area (TPSA) is 59.1 Å². The quantitative estimate of drug-likeness (QED) is 0.628. The molecule has 0 fully saturated rings. The van der Waals surface area contributed by atoms with Crippen LogP contribution in [0, 0.1) is 13.5 Å². The first-order valence-corrected chi connectivity index (χ1v) is 10.4. The third kappa shape index (κ3) is 3.38. The molecule has 5 rings (SSSR count). The summed E-state index contributed by atoms with van der Waals surface area (Å²) in [5, 5.41) is 15.8. The first-order valence-electron chi connectivity index (χ1n) is 10.4. The summed E-state index contributed by atoms with van der Waals surface area (Å²) < 4.78 is 2.03. The average Bonchev–Trinajstić information content (AvgIpc) is 3.09. The summed E-state index contributed by atoms with van der Waals surface area (Å²) in [6, 6.07) is 14.7. The molecule has 0 spiro atoms. The van der Waals surface area contributed by atoms with Crippen molar-refractivity contribution in [2.75, 3.05) is 18.4 Å². The summed E-state index contributed by atoms with van der Waals surface area (Å²) >= 11 is 0. The Labute approximate surface area is 176 Å². The molecule has 150 valence electrons. The van der Waals surface area contributed by atoms with E-state index in [1.807, 2.05) is 35.9 Å². The Kier molecular flexibility index (Phi) is 4.82. The molecule has 6 heteroatoms. The summed E-state index contributed by atoms with van der Waals surface area (Å²) in [5.74, 6) is 0. The number of nitrogens with zero attached hydrogens (tertiary/aromatic N) is 4.